The summed E-state index contributed by atoms with van der Waals surface area (Å²) in [6.07, 6.45) is 2.87. The first-order chi connectivity index (χ1) is 8.65. The van der Waals surface area contributed by atoms with Crippen molar-refractivity contribution in [1.82, 2.24) is 9.55 Å². The van der Waals surface area contributed by atoms with E-state index in [-0.39, 0.29) is 6.04 Å². The molecule has 0 aliphatic heterocycles. The lowest BCUT2D eigenvalue weighted by Crippen LogP contribution is -2.23. The maximum Gasteiger partial charge on any atom is 0.111 e. The minimum atomic E-state index is 0.174. The second-order valence-corrected chi connectivity index (χ2v) is 5.12. The number of imidazole rings is 1. The summed E-state index contributed by atoms with van der Waals surface area (Å²) in [5.41, 5.74) is 8.16. The summed E-state index contributed by atoms with van der Waals surface area (Å²) < 4.78 is 2.25. The summed E-state index contributed by atoms with van der Waals surface area (Å²) in [4.78, 5) is 4.68. The Morgan fingerprint density at radius 2 is 2.17 bits per heavy atom. The van der Waals surface area contributed by atoms with Crippen LogP contribution in [-0.2, 0) is 13.0 Å². The van der Waals surface area contributed by atoms with E-state index in [4.69, 9.17) is 17.3 Å². The van der Waals surface area contributed by atoms with E-state index in [0.717, 1.165) is 47.7 Å². The summed E-state index contributed by atoms with van der Waals surface area (Å²) in [7, 11) is 0. The van der Waals surface area contributed by atoms with Gasteiger partial charge in [0.1, 0.15) is 5.82 Å². The third kappa shape index (κ3) is 2.68. The Morgan fingerprint density at radius 1 is 1.39 bits per heavy atom. The third-order valence-electron chi connectivity index (χ3n) is 3.21. The molecule has 4 heteroatoms. The first-order valence-electron chi connectivity index (χ1n) is 6.56. The second kappa shape index (κ2) is 5.72. The average Bonchev–Trinajstić information content (AvgIpc) is 2.68. The van der Waals surface area contributed by atoms with Gasteiger partial charge in [-0.05, 0) is 31.0 Å². The number of aromatic nitrogens is 2. The van der Waals surface area contributed by atoms with Crippen LogP contribution in [0.15, 0.2) is 18.2 Å². The van der Waals surface area contributed by atoms with Crippen LogP contribution < -0.4 is 5.73 Å². The third-order valence-corrected chi connectivity index (χ3v) is 3.44. The van der Waals surface area contributed by atoms with Crippen molar-refractivity contribution in [3.05, 3.63) is 29.0 Å². The molecule has 1 aromatic carbocycles. The van der Waals surface area contributed by atoms with Crippen molar-refractivity contribution >= 4 is 22.6 Å². The number of aryl methyl sites for hydroxylation is 1. The van der Waals surface area contributed by atoms with Crippen molar-refractivity contribution < 1.29 is 0 Å². The van der Waals surface area contributed by atoms with Crippen LogP contribution in [-0.4, -0.2) is 15.6 Å². The van der Waals surface area contributed by atoms with Gasteiger partial charge in [0.05, 0.1) is 11.0 Å². The molecule has 0 fully saturated rings. The molecule has 98 valence electrons. The van der Waals surface area contributed by atoms with Gasteiger partial charge in [-0.3, -0.25) is 0 Å². The van der Waals surface area contributed by atoms with Crippen molar-refractivity contribution in [1.29, 1.82) is 0 Å². The maximum absolute atomic E-state index is 6.07. The molecule has 0 radical (unpaired) electrons. The Bertz CT molecular complexity index is 533. The zero-order chi connectivity index (χ0) is 13.1. The minimum absolute atomic E-state index is 0.174. The van der Waals surface area contributed by atoms with Crippen LogP contribution in [0.5, 0.6) is 0 Å². The van der Waals surface area contributed by atoms with Gasteiger partial charge in [-0.25, -0.2) is 4.98 Å². The highest BCUT2D eigenvalue weighted by molar-refractivity contribution is 6.31. The molecule has 2 N–H and O–H groups in total. The average molecular weight is 266 g/mol. The largest absolute Gasteiger partial charge is 0.328 e. The Hall–Kier alpha value is -1.06. The summed E-state index contributed by atoms with van der Waals surface area (Å²) >= 11 is 6.07. The number of nitrogens with zero attached hydrogens (tertiary/aromatic N) is 2. The van der Waals surface area contributed by atoms with Gasteiger partial charge in [-0.1, -0.05) is 25.4 Å². The van der Waals surface area contributed by atoms with Gasteiger partial charge in [0.2, 0.25) is 0 Å². The Balaban J connectivity index is 2.47. The van der Waals surface area contributed by atoms with E-state index in [1.54, 1.807) is 0 Å². The number of nitrogens with two attached hydrogens (primary N) is 1. The Kier molecular flexibility index (Phi) is 4.25. The highest BCUT2D eigenvalue weighted by Gasteiger charge is 2.12. The predicted octanol–water partition coefficient (Wildman–Crippen LogP) is 3.38. The topological polar surface area (TPSA) is 43.8 Å². The molecule has 3 nitrogen and oxygen atoms in total. The minimum Gasteiger partial charge on any atom is -0.328 e. The highest BCUT2D eigenvalue weighted by Crippen LogP contribution is 2.22. The van der Waals surface area contributed by atoms with Crippen molar-refractivity contribution in [2.75, 3.05) is 0 Å². The van der Waals surface area contributed by atoms with E-state index >= 15 is 0 Å². The van der Waals surface area contributed by atoms with Crippen LogP contribution in [0.1, 0.15) is 32.5 Å². The molecule has 2 aromatic rings. The highest BCUT2D eigenvalue weighted by atomic mass is 35.5. The fourth-order valence-corrected chi connectivity index (χ4v) is 2.32. The molecule has 0 bridgehead atoms. The summed E-state index contributed by atoms with van der Waals surface area (Å²) in [6, 6.07) is 6.02. The van der Waals surface area contributed by atoms with Crippen LogP contribution in [0.3, 0.4) is 0 Å². The standard InChI is InChI=1S/C14H20ClN3/c1-3-7-18-13-8-10(15)5-6-12(13)17-14(18)9-11(16)4-2/h5-6,8,11H,3-4,7,9,16H2,1-2H3. The predicted molar refractivity (Wildman–Crippen MR) is 77.0 cm³/mol. The van der Waals surface area contributed by atoms with E-state index < -0.39 is 0 Å². The van der Waals surface area contributed by atoms with Crippen LogP contribution in [0.2, 0.25) is 5.02 Å². The quantitative estimate of drug-likeness (QED) is 0.901. The molecule has 0 saturated heterocycles. The smallest absolute Gasteiger partial charge is 0.111 e. The number of fused-ring (bicyclic) bond motifs is 1. The normalized spacial score (nSPS) is 13.1. The zero-order valence-electron chi connectivity index (χ0n) is 11.0. The molecule has 0 aliphatic carbocycles. The lowest BCUT2D eigenvalue weighted by Gasteiger charge is -2.11. The molecule has 1 atom stereocenters. The fraction of sp³-hybridized carbons (Fsp3) is 0.500. The lowest BCUT2D eigenvalue weighted by molar-refractivity contribution is 0.582. The van der Waals surface area contributed by atoms with Gasteiger partial charge in [0.15, 0.2) is 0 Å². The van der Waals surface area contributed by atoms with Crippen LogP contribution >= 0.6 is 11.6 Å². The molecule has 0 saturated carbocycles. The Morgan fingerprint density at radius 3 is 2.83 bits per heavy atom. The first-order valence-corrected chi connectivity index (χ1v) is 6.93. The summed E-state index contributed by atoms with van der Waals surface area (Å²) in [5.74, 6) is 1.07. The van der Waals surface area contributed by atoms with Crippen molar-refractivity contribution in [2.24, 2.45) is 5.73 Å². The zero-order valence-corrected chi connectivity index (χ0v) is 11.7. The number of hydrogen-bond donors (Lipinski definition) is 1. The van der Waals surface area contributed by atoms with Gasteiger partial charge in [0.25, 0.3) is 0 Å². The van der Waals surface area contributed by atoms with Crippen molar-refractivity contribution in [3.63, 3.8) is 0 Å². The molecule has 0 spiro atoms. The maximum atomic E-state index is 6.07. The number of halogens is 1. The summed E-state index contributed by atoms with van der Waals surface area (Å²) in [5, 5.41) is 0.756. The van der Waals surface area contributed by atoms with E-state index in [2.05, 4.69) is 23.4 Å². The molecule has 1 unspecified atom stereocenters. The van der Waals surface area contributed by atoms with Gasteiger partial charge in [-0.15, -0.1) is 0 Å². The monoisotopic (exact) mass is 265 g/mol. The molecule has 0 amide bonds. The molecular formula is C14H20ClN3. The van der Waals surface area contributed by atoms with Crippen molar-refractivity contribution in [2.45, 2.75) is 45.7 Å². The number of rotatable bonds is 5. The lowest BCUT2D eigenvalue weighted by atomic mass is 10.1. The van der Waals surface area contributed by atoms with E-state index in [1.165, 1.54) is 0 Å². The van der Waals surface area contributed by atoms with Gasteiger partial charge >= 0.3 is 0 Å². The number of hydrogen-bond acceptors (Lipinski definition) is 2. The molecule has 1 aromatic heterocycles. The molecule has 1 heterocycles. The van der Waals surface area contributed by atoms with E-state index in [1.807, 2.05) is 18.2 Å². The molecular weight excluding hydrogens is 246 g/mol. The molecule has 2 rings (SSSR count). The summed E-state index contributed by atoms with van der Waals surface area (Å²) in [6.45, 7) is 5.23. The van der Waals surface area contributed by atoms with Crippen LogP contribution in [0.25, 0.3) is 11.0 Å². The Labute approximate surface area is 113 Å². The number of benzene rings is 1. The fourth-order valence-electron chi connectivity index (χ4n) is 2.15. The van der Waals surface area contributed by atoms with Crippen molar-refractivity contribution in [3.8, 4) is 0 Å². The van der Waals surface area contributed by atoms with Gasteiger partial charge < -0.3 is 10.3 Å². The van der Waals surface area contributed by atoms with Gasteiger partial charge in [-0.2, -0.15) is 0 Å². The molecule has 0 aliphatic rings. The van der Waals surface area contributed by atoms with Crippen LogP contribution in [0.4, 0.5) is 0 Å². The SMILES string of the molecule is CCCn1c(CC(N)CC)nc2ccc(Cl)cc21. The van der Waals surface area contributed by atoms with Crippen LogP contribution in [0, 0.1) is 0 Å². The first kappa shape index (κ1) is 13.4. The van der Waals surface area contributed by atoms with E-state index in [9.17, 15) is 0 Å². The van der Waals surface area contributed by atoms with E-state index in [0.29, 0.717) is 0 Å². The van der Waals surface area contributed by atoms with Gasteiger partial charge in [0, 0.05) is 24.0 Å². The second-order valence-electron chi connectivity index (χ2n) is 4.69. The molecule has 18 heavy (non-hydrogen) atoms.